The Bertz CT molecular complexity index is 559. The van der Waals surface area contributed by atoms with Gasteiger partial charge in [0.1, 0.15) is 0 Å². The summed E-state index contributed by atoms with van der Waals surface area (Å²) in [5, 5.41) is 4.48. The van der Waals surface area contributed by atoms with Crippen LogP contribution in [-0.4, -0.2) is 22.9 Å². The molecule has 2 aromatic rings. The molecule has 0 fully saturated rings. The van der Waals surface area contributed by atoms with E-state index in [1.54, 1.807) is 0 Å². The highest BCUT2D eigenvalue weighted by molar-refractivity contribution is 5.73. The van der Waals surface area contributed by atoms with Crippen molar-refractivity contribution in [3.63, 3.8) is 0 Å². The van der Waals surface area contributed by atoms with Crippen molar-refractivity contribution in [3.05, 3.63) is 47.3 Å². The van der Waals surface area contributed by atoms with Crippen molar-refractivity contribution >= 4 is 5.97 Å². The van der Waals surface area contributed by atoms with E-state index in [0.717, 1.165) is 22.6 Å². The van der Waals surface area contributed by atoms with Gasteiger partial charge in [0, 0.05) is 11.3 Å². The lowest BCUT2D eigenvalue weighted by molar-refractivity contribution is -0.139. The number of nitrogens with zero attached hydrogens (tertiary/aromatic N) is 2. The molecule has 0 aliphatic rings. The average molecular weight is 244 g/mol. The van der Waals surface area contributed by atoms with Crippen molar-refractivity contribution < 1.29 is 9.53 Å². The standard InChI is InChI=1S/C14H16N2O2/c1-10-13(9-14(17)18-3)11(2)16(15-10)12-7-5-4-6-8-12/h4-8H,9H2,1-3H3. The molecule has 0 aliphatic carbocycles. The van der Waals surface area contributed by atoms with Crippen LogP contribution in [0.2, 0.25) is 0 Å². The van der Waals surface area contributed by atoms with Gasteiger partial charge in [0.05, 0.1) is 24.9 Å². The van der Waals surface area contributed by atoms with Crippen LogP contribution in [0.3, 0.4) is 0 Å². The number of esters is 1. The predicted octanol–water partition coefficient (Wildman–Crippen LogP) is 2.20. The maximum Gasteiger partial charge on any atom is 0.310 e. The van der Waals surface area contributed by atoms with Crippen LogP contribution in [-0.2, 0) is 16.0 Å². The zero-order chi connectivity index (χ0) is 13.1. The van der Waals surface area contributed by atoms with Crippen molar-refractivity contribution in [1.29, 1.82) is 0 Å². The summed E-state index contributed by atoms with van der Waals surface area (Å²) in [6, 6.07) is 9.87. The minimum atomic E-state index is -0.242. The molecule has 94 valence electrons. The van der Waals surface area contributed by atoms with Crippen LogP contribution in [0.1, 0.15) is 17.0 Å². The molecule has 1 heterocycles. The Kier molecular flexibility index (Phi) is 3.46. The quantitative estimate of drug-likeness (QED) is 0.777. The van der Waals surface area contributed by atoms with E-state index in [9.17, 15) is 4.79 Å². The lowest BCUT2D eigenvalue weighted by Crippen LogP contribution is -2.06. The Morgan fingerprint density at radius 3 is 2.56 bits per heavy atom. The number of carbonyl (C=O) groups excluding carboxylic acids is 1. The van der Waals surface area contributed by atoms with E-state index in [2.05, 4.69) is 5.10 Å². The molecule has 0 radical (unpaired) electrons. The first-order valence-electron chi connectivity index (χ1n) is 5.81. The fraction of sp³-hybridized carbons (Fsp3) is 0.286. The third-order valence-electron chi connectivity index (χ3n) is 2.99. The van der Waals surface area contributed by atoms with Crippen LogP contribution in [0.25, 0.3) is 5.69 Å². The number of hydrogen-bond acceptors (Lipinski definition) is 3. The van der Waals surface area contributed by atoms with Crippen LogP contribution in [0, 0.1) is 13.8 Å². The first-order valence-corrected chi connectivity index (χ1v) is 5.81. The second-order valence-electron chi connectivity index (χ2n) is 4.15. The van der Waals surface area contributed by atoms with Crippen molar-refractivity contribution in [2.45, 2.75) is 20.3 Å². The van der Waals surface area contributed by atoms with Gasteiger partial charge in [-0.05, 0) is 26.0 Å². The fourth-order valence-electron chi connectivity index (χ4n) is 1.97. The van der Waals surface area contributed by atoms with E-state index in [1.165, 1.54) is 7.11 Å². The summed E-state index contributed by atoms with van der Waals surface area (Å²) in [4.78, 5) is 11.4. The topological polar surface area (TPSA) is 44.1 Å². The maximum atomic E-state index is 11.4. The molecule has 1 aromatic carbocycles. The van der Waals surface area contributed by atoms with Crippen molar-refractivity contribution in [2.75, 3.05) is 7.11 Å². The van der Waals surface area contributed by atoms with Crippen molar-refractivity contribution in [3.8, 4) is 5.69 Å². The molecule has 0 saturated carbocycles. The van der Waals surface area contributed by atoms with Crippen LogP contribution < -0.4 is 0 Å². The fourth-order valence-corrected chi connectivity index (χ4v) is 1.97. The Hall–Kier alpha value is -2.10. The summed E-state index contributed by atoms with van der Waals surface area (Å²) in [5.74, 6) is -0.242. The van der Waals surface area contributed by atoms with Crippen molar-refractivity contribution in [2.24, 2.45) is 0 Å². The molecule has 0 atom stereocenters. The van der Waals surface area contributed by atoms with Gasteiger partial charge in [0.2, 0.25) is 0 Å². The van der Waals surface area contributed by atoms with E-state index in [1.807, 2.05) is 48.9 Å². The number of aryl methyl sites for hydroxylation is 1. The van der Waals surface area contributed by atoms with E-state index in [0.29, 0.717) is 0 Å². The second-order valence-corrected chi connectivity index (χ2v) is 4.15. The van der Waals surface area contributed by atoms with Gasteiger partial charge in [0.25, 0.3) is 0 Å². The maximum absolute atomic E-state index is 11.4. The molecule has 0 amide bonds. The summed E-state index contributed by atoms with van der Waals surface area (Å²) in [6.07, 6.45) is 0.265. The normalized spacial score (nSPS) is 10.4. The van der Waals surface area contributed by atoms with E-state index in [-0.39, 0.29) is 12.4 Å². The molecule has 0 spiro atoms. The largest absolute Gasteiger partial charge is 0.469 e. The number of rotatable bonds is 3. The van der Waals surface area contributed by atoms with E-state index in [4.69, 9.17) is 4.74 Å². The molecule has 4 nitrogen and oxygen atoms in total. The van der Waals surface area contributed by atoms with Gasteiger partial charge in [-0.1, -0.05) is 18.2 Å². The molecule has 0 N–H and O–H groups in total. The molecule has 0 aliphatic heterocycles. The van der Waals surface area contributed by atoms with Gasteiger partial charge in [-0.2, -0.15) is 5.10 Å². The number of carbonyl (C=O) groups is 1. The summed E-state index contributed by atoms with van der Waals surface area (Å²) < 4.78 is 6.56. The Morgan fingerprint density at radius 1 is 1.28 bits per heavy atom. The summed E-state index contributed by atoms with van der Waals surface area (Å²) in [6.45, 7) is 3.87. The molecule has 4 heteroatoms. The molecule has 0 bridgehead atoms. The molecular weight excluding hydrogens is 228 g/mol. The number of para-hydroxylation sites is 1. The molecule has 0 unspecified atom stereocenters. The third-order valence-corrected chi connectivity index (χ3v) is 2.99. The van der Waals surface area contributed by atoms with Crippen LogP contribution >= 0.6 is 0 Å². The van der Waals surface area contributed by atoms with Crippen molar-refractivity contribution in [1.82, 2.24) is 9.78 Å². The number of methoxy groups -OCH3 is 1. The monoisotopic (exact) mass is 244 g/mol. The Labute approximate surface area is 106 Å². The van der Waals surface area contributed by atoms with Crippen LogP contribution in [0.5, 0.6) is 0 Å². The highest BCUT2D eigenvalue weighted by Crippen LogP contribution is 2.18. The minimum Gasteiger partial charge on any atom is -0.469 e. The zero-order valence-corrected chi connectivity index (χ0v) is 10.8. The first-order chi connectivity index (χ1) is 8.63. The highest BCUT2D eigenvalue weighted by atomic mass is 16.5. The lowest BCUT2D eigenvalue weighted by atomic mass is 10.1. The number of aromatic nitrogens is 2. The summed E-state index contributed by atoms with van der Waals surface area (Å²) in [5.41, 5.74) is 3.77. The predicted molar refractivity (Wildman–Crippen MR) is 68.8 cm³/mol. The highest BCUT2D eigenvalue weighted by Gasteiger charge is 2.15. The smallest absolute Gasteiger partial charge is 0.310 e. The first kappa shape index (κ1) is 12.4. The lowest BCUT2D eigenvalue weighted by Gasteiger charge is -2.04. The third kappa shape index (κ3) is 2.27. The Balaban J connectivity index is 2.41. The summed E-state index contributed by atoms with van der Waals surface area (Å²) in [7, 11) is 1.40. The number of benzene rings is 1. The van der Waals surface area contributed by atoms with Gasteiger partial charge >= 0.3 is 5.97 Å². The Morgan fingerprint density at radius 2 is 1.94 bits per heavy atom. The minimum absolute atomic E-state index is 0.242. The van der Waals surface area contributed by atoms with Crippen LogP contribution in [0.15, 0.2) is 30.3 Å². The van der Waals surface area contributed by atoms with E-state index >= 15 is 0 Å². The molecule has 0 saturated heterocycles. The zero-order valence-electron chi connectivity index (χ0n) is 10.8. The molecular formula is C14H16N2O2. The molecule has 18 heavy (non-hydrogen) atoms. The molecule has 2 rings (SSSR count). The summed E-state index contributed by atoms with van der Waals surface area (Å²) >= 11 is 0. The number of hydrogen-bond donors (Lipinski definition) is 0. The van der Waals surface area contributed by atoms with Gasteiger partial charge in [-0.25, -0.2) is 4.68 Å². The van der Waals surface area contributed by atoms with E-state index < -0.39 is 0 Å². The van der Waals surface area contributed by atoms with Gasteiger partial charge in [0.15, 0.2) is 0 Å². The van der Waals surface area contributed by atoms with Gasteiger partial charge in [-0.3, -0.25) is 4.79 Å². The SMILES string of the molecule is COC(=O)Cc1c(C)nn(-c2ccccc2)c1C. The second kappa shape index (κ2) is 5.04. The van der Waals surface area contributed by atoms with Gasteiger partial charge < -0.3 is 4.74 Å². The average Bonchev–Trinajstić information content (AvgIpc) is 2.67. The van der Waals surface area contributed by atoms with Crippen LogP contribution in [0.4, 0.5) is 0 Å². The molecule has 1 aromatic heterocycles. The van der Waals surface area contributed by atoms with Gasteiger partial charge in [-0.15, -0.1) is 0 Å². The number of ether oxygens (including phenoxy) is 1.